The number of benzene rings is 9. The number of hydrogen-bond donors (Lipinski definition) is 0. The minimum atomic E-state index is -0.778. The smallest absolute Gasteiger partial charge is 0.143 e. The molecule has 0 N–H and O–H groups in total. The molecule has 1 heterocycles. The largest absolute Gasteiger partial charge is 0.455 e. The third kappa shape index (κ3) is 4.63. The van der Waals surface area contributed by atoms with Gasteiger partial charge in [0.15, 0.2) is 0 Å². The lowest BCUT2D eigenvalue weighted by Gasteiger charge is -2.18. The summed E-state index contributed by atoms with van der Waals surface area (Å²) in [7, 11) is 0. The monoisotopic (exact) mass is 653 g/mol. The van der Waals surface area contributed by atoms with Gasteiger partial charge in [0.05, 0.1) is 23.3 Å². The zero-order chi connectivity index (χ0) is 47.8. The fraction of sp³-hybridized carbons (Fsp3) is 0.0204. The van der Waals surface area contributed by atoms with E-state index in [4.69, 9.17) is 16.8 Å². The molecule has 0 saturated heterocycles. The Balaban J connectivity index is 1.28. The lowest BCUT2D eigenvalue weighted by Crippen LogP contribution is -1.95. The first-order valence-electron chi connectivity index (χ1n) is 24.4. The number of furan rings is 1. The van der Waals surface area contributed by atoms with E-state index in [1.54, 1.807) is 12.1 Å². The first-order chi connectivity index (χ1) is 31.9. The van der Waals surface area contributed by atoms with Crippen molar-refractivity contribution in [2.45, 2.75) is 6.42 Å². The second kappa shape index (κ2) is 11.6. The summed E-state index contributed by atoms with van der Waals surface area (Å²) in [5.74, 6) is 0. The fourth-order valence-electron chi connectivity index (χ4n) is 6.88. The average Bonchev–Trinajstić information content (AvgIpc) is 3.71. The molecule has 0 spiro atoms. The second-order valence-electron chi connectivity index (χ2n) is 11.9. The van der Waals surface area contributed by atoms with Gasteiger partial charge >= 0.3 is 0 Å². The van der Waals surface area contributed by atoms with Crippen molar-refractivity contribution in [1.29, 1.82) is 0 Å². The van der Waals surface area contributed by atoms with E-state index in [9.17, 15) is 11.0 Å². The zero-order valence-electron chi connectivity index (χ0n) is 43.1. The molecule has 0 fully saturated rings. The maximum Gasteiger partial charge on any atom is 0.143 e. The maximum atomic E-state index is 9.60. The highest BCUT2D eigenvalue weighted by Gasteiger charge is 2.17. The number of hydrogen-bond acceptors (Lipinski definition) is 1. The van der Waals surface area contributed by atoms with Crippen LogP contribution in [0.1, 0.15) is 34.4 Å². The van der Waals surface area contributed by atoms with Crippen molar-refractivity contribution < 1.29 is 27.7 Å². The Bertz CT molecular complexity index is 3730. The maximum absolute atomic E-state index is 9.60. The fourth-order valence-corrected chi connectivity index (χ4v) is 6.88. The minimum absolute atomic E-state index is 0.159. The van der Waals surface area contributed by atoms with Gasteiger partial charge in [0.1, 0.15) is 11.2 Å². The van der Waals surface area contributed by atoms with Crippen LogP contribution in [-0.2, 0) is 6.42 Å². The van der Waals surface area contributed by atoms with Crippen molar-refractivity contribution in [2.24, 2.45) is 0 Å². The van der Waals surface area contributed by atoms with Gasteiger partial charge in [0.25, 0.3) is 0 Å². The molecule has 50 heavy (non-hydrogen) atoms. The van der Waals surface area contributed by atoms with Gasteiger partial charge in [0, 0.05) is 16.3 Å². The molecule has 0 unspecified atom stereocenters. The zero-order valence-corrected chi connectivity index (χ0v) is 26.1. The molecule has 0 saturated carbocycles. The Kier molecular flexibility index (Phi) is 3.79. The van der Waals surface area contributed by atoms with Crippen LogP contribution >= 0.6 is 0 Å². The topological polar surface area (TPSA) is 13.1 Å². The van der Waals surface area contributed by atoms with Crippen LogP contribution < -0.4 is 0 Å². The van der Waals surface area contributed by atoms with E-state index in [2.05, 4.69) is 0 Å². The predicted octanol–water partition coefficient (Wildman–Crippen LogP) is 13.6. The van der Waals surface area contributed by atoms with Crippen molar-refractivity contribution in [2.75, 3.05) is 0 Å². The molecule has 1 heteroatoms. The third-order valence-electron chi connectivity index (χ3n) is 9.13. The summed E-state index contributed by atoms with van der Waals surface area (Å²) < 4.78 is 159. The van der Waals surface area contributed by atoms with Crippen molar-refractivity contribution in [3.8, 4) is 33.4 Å². The standard InChI is InChI=1S/C49H32O/c1-2-12-32(13-3-1)30-46-40-17-6-8-19-43(40)48(44-20-9-7-18-41(44)46)35-26-24-34(25-27-35)39-22-11-23-45-42-29-28-36(31-47(42)50-49(39)45)38-21-10-15-33-14-4-5-16-37(33)38/h1-29,31H,30H2/i1D,2D,3D,6D,7D,8D,9D,12D,13D,17D,18D,19D,20D,24D,25D,26D,27D. The predicted molar refractivity (Wildman–Crippen MR) is 212 cm³/mol. The van der Waals surface area contributed by atoms with Crippen LogP contribution in [0, 0.1) is 0 Å². The summed E-state index contributed by atoms with van der Waals surface area (Å²) in [4.78, 5) is 0. The van der Waals surface area contributed by atoms with Crippen LogP contribution in [0.2, 0.25) is 0 Å². The number of fused-ring (bicyclic) bond motifs is 6. The second-order valence-corrected chi connectivity index (χ2v) is 11.9. The summed E-state index contributed by atoms with van der Waals surface area (Å²) in [6, 6.07) is 13.1. The molecule has 1 nitrogen and oxygen atoms in total. The third-order valence-corrected chi connectivity index (χ3v) is 9.13. The Hall–Kier alpha value is -6.44. The lowest BCUT2D eigenvalue weighted by molar-refractivity contribution is 0.670. The molecule has 0 aliphatic rings. The number of rotatable bonds is 5. The molecule has 234 valence electrons. The molecule has 1 aromatic heterocycles. The van der Waals surface area contributed by atoms with E-state index in [0.717, 1.165) is 27.3 Å². The van der Waals surface area contributed by atoms with Crippen LogP contribution in [-0.4, -0.2) is 0 Å². The molecule has 9 aromatic carbocycles. The van der Waals surface area contributed by atoms with Crippen LogP contribution in [0.25, 0.3) is 87.6 Å². The molecule has 0 amide bonds. The van der Waals surface area contributed by atoms with Crippen LogP contribution in [0.15, 0.2) is 186 Å². The van der Waals surface area contributed by atoms with Gasteiger partial charge in [-0.3, -0.25) is 0 Å². The summed E-state index contributed by atoms with van der Waals surface area (Å²) in [6.45, 7) is 0. The molecule has 0 bridgehead atoms. The van der Waals surface area contributed by atoms with Crippen molar-refractivity contribution in [3.05, 3.63) is 193 Å². The molecule has 0 radical (unpaired) electrons. The molecule has 0 atom stereocenters. The van der Waals surface area contributed by atoms with Crippen LogP contribution in [0.5, 0.6) is 0 Å². The minimum Gasteiger partial charge on any atom is -0.455 e. The Morgan fingerprint density at radius 3 is 1.84 bits per heavy atom. The van der Waals surface area contributed by atoms with E-state index in [0.29, 0.717) is 11.0 Å². The van der Waals surface area contributed by atoms with Gasteiger partial charge in [0.2, 0.25) is 0 Å². The molecule has 0 aliphatic heterocycles. The van der Waals surface area contributed by atoms with E-state index >= 15 is 0 Å². The molecule has 10 aromatic rings. The van der Waals surface area contributed by atoms with E-state index in [1.807, 2.05) is 66.7 Å². The highest BCUT2D eigenvalue weighted by atomic mass is 16.3. The summed E-state index contributed by atoms with van der Waals surface area (Å²) in [6.07, 6.45) is -0.661. The highest BCUT2D eigenvalue weighted by molar-refractivity contribution is 6.15. The molecule has 0 aliphatic carbocycles. The highest BCUT2D eigenvalue weighted by Crippen LogP contribution is 2.42. The summed E-state index contributed by atoms with van der Waals surface area (Å²) in [5.41, 5.74) is 1.21. The van der Waals surface area contributed by atoms with E-state index < -0.39 is 131 Å². The van der Waals surface area contributed by atoms with Crippen LogP contribution in [0.4, 0.5) is 0 Å². The first-order valence-corrected chi connectivity index (χ1v) is 15.9. The number of para-hydroxylation sites is 1. The van der Waals surface area contributed by atoms with Gasteiger partial charge in [-0.25, -0.2) is 0 Å². The van der Waals surface area contributed by atoms with Gasteiger partial charge in [-0.05, 0) is 89.8 Å². The summed E-state index contributed by atoms with van der Waals surface area (Å²) in [5, 5.41) is 1.92. The molecular formula is C49H32O. The van der Waals surface area contributed by atoms with E-state index in [1.165, 1.54) is 0 Å². The van der Waals surface area contributed by atoms with Crippen molar-refractivity contribution in [3.63, 3.8) is 0 Å². The average molecular weight is 654 g/mol. The van der Waals surface area contributed by atoms with Gasteiger partial charge in [-0.1, -0.05) is 169 Å². The lowest BCUT2D eigenvalue weighted by atomic mass is 9.86. The van der Waals surface area contributed by atoms with Gasteiger partial charge in [-0.2, -0.15) is 0 Å². The quantitative estimate of drug-likeness (QED) is 0.169. The molecule has 10 rings (SSSR count). The van der Waals surface area contributed by atoms with Crippen molar-refractivity contribution in [1.82, 2.24) is 0 Å². The van der Waals surface area contributed by atoms with E-state index in [-0.39, 0.29) is 38.6 Å². The van der Waals surface area contributed by atoms with Gasteiger partial charge in [-0.15, -0.1) is 0 Å². The van der Waals surface area contributed by atoms with Crippen molar-refractivity contribution >= 4 is 54.3 Å². The van der Waals surface area contributed by atoms with Crippen LogP contribution in [0.3, 0.4) is 0 Å². The Morgan fingerprint density at radius 2 is 1.06 bits per heavy atom. The Labute approximate surface area is 314 Å². The summed E-state index contributed by atoms with van der Waals surface area (Å²) >= 11 is 0. The Morgan fingerprint density at radius 1 is 0.440 bits per heavy atom. The van der Waals surface area contributed by atoms with Gasteiger partial charge < -0.3 is 4.42 Å². The first kappa shape index (κ1) is 16.3. The normalized spacial score (nSPS) is 16.4. The SMILES string of the molecule is [2H]c1c([2H])c([2H])c(Cc2c3c([2H])c([2H])c([2H])c([2H])c3c(-c3c([2H])c([2H])c(-c4cccc5c4oc4cc(-c6cccc7ccccc67)ccc45)c([2H])c3[2H])c3c([2H])c([2H])c([2H])c([2H])c23)c([2H])c1[2H]. The molecular weight excluding hydrogens is 605 g/mol.